The number of benzene rings is 1. The minimum Gasteiger partial charge on any atom is -0.469 e. The van der Waals surface area contributed by atoms with Gasteiger partial charge in [-0.1, -0.05) is 17.7 Å². The zero-order valence-electron chi connectivity index (χ0n) is 16.3. The monoisotopic (exact) mass is 425 g/mol. The highest BCUT2D eigenvalue weighted by Gasteiger charge is 2.35. The van der Waals surface area contributed by atoms with Crippen molar-refractivity contribution in [3.63, 3.8) is 0 Å². The maximum absolute atomic E-state index is 14.2. The molecular weight excluding hydrogens is 401 g/mol. The number of esters is 1. The molecule has 0 aliphatic carbocycles. The second-order valence-corrected chi connectivity index (χ2v) is 7.77. The minimum absolute atomic E-state index is 0.000790. The quantitative estimate of drug-likeness (QED) is 0.725. The highest BCUT2D eigenvalue weighted by Crippen LogP contribution is 2.24. The number of methoxy groups -OCH3 is 1. The van der Waals surface area contributed by atoms with Crippen LogP contribution in [0.25, 0.3) is 0 Å². The number of rotatable bonds is 5. The van der Waals surface area contributed by atoms with Crippen molar-refractivity contribution in [2.75, 3.05) is 33.3 Å². The molecule has 7 nitrogen and oxygen atoms in total. The molecule has 0 spiro atoms. The molecule has 2 amide bonds. The van der Waals surface area contributed by atoms with E-state index < -0.39 is 11.9 Å². The topological polar surface area (TPSA) is 78.9 Å². The third kappa shape index (κ3) is 5.05. The Morgan fingerprint density at radius 2 is 2.00 bits per heavy atom. The van der Waals surface area contributed by atoms with Crippen LogP contribution in [0.5, 0.6) is 0 Å². The van der Waals surface area contributed by atoms with E-state index in [1.165, 1.54) is 19.2 Å². The zero-order valence-corrected chi connectivity index (χ0v) is 17.1. The summed E-state index contributed by atoms with van der Waals surface area (Å²) in [6.45, 7) is 1.98. The van der Waals surface area contributed by atoms with E-state index >= 15 is 0 Å². The van der Waals surface area contributed by atoms with Crippen LogP contribution in [-0.4, -0.2) is 66.9 Å². The van der Waals surface area contributed by atoms with Crippen LogP contribution in [0.3, 0.4) is 0 Å². The summed E-state index contributed by atoms with van der Waals surface area (Å²) in [5.74, 6) is -1.28. The fraction of sp³-hybridized carbons (Fsp3) is 0.550. The van der Waals surface area contributed by atoms with Gasteiger partial charge in [-0.2, -0.15) is 0 Å². The summed E-state index contributed by atoms with van der Waals surface area (Å²) < 4.78 is 19.0. The smallest absolute Gasteiger partial charge is 0.308 e. The second kappa shape index (κ2) is 9.54. The van der Waals surface area contributed by atoms with Gasteiger partial charge < -0.3 is 15.0 Å². The molecule has 2 heterocycles. The Balaban J connectivity index is 1.65. The van der Waals surface area contributed by atoms with Gasteiger partial charge in [0.1, 0.15) is 5.82 Å². The number of hydrogen-bond acceptors (Lipinski definition) is 5. The first kappa shape index (κ1) is 21.5. The molecule has 9 heteroatoms. The van der Waals surface area contributed by atoms with Crippen molar-refractivity contribution in [2.45, 2.75) is 31.8 Å². The number of likely N-dealkylation sites (tertiary alicyclic amines) is 1. The molecule has 1 atom stereocenters. The van der Waals surface area contributed by atoms with Gasteiger partial charge in [0.05, 0.1) is 25.5 Å². The summed E-state index contributed by atoms with van der Waals surface area (Å²) in [4.78, 5) is 40.4. The first-order chi connectivity index (χ1) is 13.9. The van der Waals surface area contributed by atoms with Crippen LogP contribution in [0.2, 0.25) is 5.02 Å². The molecule has 0 bridgehead atoms. The summed E-state index contributed by atoms with van der Waals surface area (Å²) in [5, 5.41) is 3.07. The molecule has 2 aliphatic heterocycles. The lowest BCUT2D eigenvalue weighted by Gasteiger charge is -2.37. The fourth-order valence-electron chi connectivity index (χ4n) is 3.89. The molecule has 0 saturated carbocycles. The third-order valence-corrected chi connectivity index (χ3v) is 5.97. The van der Waals surface area contributed by atoms with Gasteiger partial charge in [-0.25, -0.2) is 4.39 Å². The number of piperazine rings is 1. The number of nitrogens with one attached hydrogen (secondary N) is 1. The standard InChI is InChI=1S/C20H25ClFN3O4/c1-29-20(28)13-5-8-24(9-6-13)18(26)11-17-19(27)23-7-10-25(17)12-14-15(21)3-2-4-16(14)22/h2-4,13,17H,5-12H2,1H3,(H,23,27)/t17-/m1/s1. The van der Waals surface area contributed by atoms with Crippen molar-refractivity contribution in [1.82, 2.24) is 15.1 Å². The van der Waals surface area contributed by atoms with E-state index in [1.54, 1.807) is 15.9 Å². The fourth-order valence-corrected chi connectivity index (χ4v) is 4.11. The Labute approximate surface area is 174 Å². The van der Waals surface area contributed by atoms with E-state index in [9.17, 15) is 18.8 Å². The Kier molecular flexibility index (Phi) is 7.08. The van der Waals surface area contributed by atoms with Gasteiger partial charge in [0, 0.05) is 43.3 Å². The molecule has 3 rings (SSSR count). The van der Waals surface area contributed by atoms with Crippen LogP contribution in [0.15, 0.2) is 18.2 Å². The summed E-state index contributed by atoms with van der Waals surface area (Å²) in [6, 6.07) is 3.78. The molecule has 2 saturated heterocycles. The van der Waals surface area contributed by atoms with Crippen LogP contribution in [0, 0.1) is 11.7 Å². The van der Waals surface area contributed by atoms with Crippen molar-refractivity contribution >= 4 is 29.4 Å². The minimum atomic E-state index is -0.690. The maximum atomic E-state index is 14.2. The summed E-state index contributed by atoms with van der Waals surface area (Å²) in [5.41, 5.74) is 0.320. The normalized spacial score (nSPS) is 21.0. The number of halogens is 2. The van der Waals surface area contributed by atoms with Crippen molar-refractivity contribution < 1.29 is 23.5 Å². The highest BCUT2D eigenvalue weighted by molar-refractivity contribution is 6.31. The SMILES string of the molecule is COC(=O)C1CCN(C(=O)C[C@@H]2C(=O)NCCN2Cc2c(F)cccc2Cl)CC1. The number of piperidine rings is 1. The van der Waals surface area contributed by atoms with Crippen LogP contribution in [0.1, 0.15) is 24.8 Å². The summed E-state index contributed by atoms with van der Waals surface area (Å²) in [7, 11) is 1.36. The Hall–Kier alpha value is -2.19. The van der Waals surface area contributed by atoms with E-state index in [4.69, 9.17) is 16.3 Å². The molecule has 0 unspecified atom stereocenters. The van der Waals surface area contributed by atoms with Crippen molar-refractivity contribution in [2.24, 2.45) is 5.92 Å². The zero-order chi connectivity index (χ0) is 21.0. The Morgan fingerprint density at radius 3 is 2.66 bits per heavy atom. The number of carbonyl (C=O) groups is 3. The molecule has 2 aliphatic rings. The molecule has 0 radical (unpaired) electrons. The molecule has 29 heavy (non-hydrogen) atoms. The molecule has 1 N–H and O–H groups in total. The average Bonchev–Trinajstić information content (AvgIpc) is 2.72. The van der Waals surface area contributed by atoms with E-state index in [1.807, 2.05) is 0 Å². The molecule has 1 aromatic carbocycles. The molecule has 1 aromatic rings. The number of amides is 2. The Bertz CT molecular complexity index is 763. The summed E-state index contributed by atoms with van der Waals surface area (Å²) in [6.07, 6.45) is 1.09. The van der Waals surface area contributed by atoms with Crippen LogP contribution >= 0.6 is 11.6 Å². The summed E-state index contributed by atoms with van der Waals surface area (Å²) >= 11 is 6.13. The lowest BCUT2D eigenvalue weighted by atomic mass is 9.96. The largest absolute Gasteiger partial charge is 0.469 e. The number of carbonyl (C=O) groups excluding carboxylic acids is 3. The first-order valence-electron chi connectivity index (χ1n) is 9.71. The molecule has 0 aromatic heterocycles. The van der Waals surface area contributed by atoms with Crippen LogP contribution < -0.4 is 5.32 Å². The highest BCUT2D eigenvalue weighted by atomic mass is 35.5. The van der Waals surface area contributed by atoms with Crippen molar-refractivity contribution in [1.29, 1.82) is 0 Å². The molecule has 158 valence electrons. The van der Waals surface area contributed by atoms with Crippen LogP contribution in [0.4, 0.5) is 4.39 Å². The lowest BCUT2D eigenvalue weighted by Crippen LogP contribution is -2.56. The maximum Gasteiger partial charge on any atom is 0.308 e. The number of hydrogen-bond donors (Lipinski definition) is 1. The lowest BCUT2D eigenvalue weighted by molar-refractivity contribution is -0.149. The van der Waals surface area contributed by atoms with E-state index in [0.717, 1.165) is 0 Å². The number of nitrogens with zero attached hydrogens (tertiary/aromatic N) is 2. The van der Waals surface area contributed by atoms with Gasteiger partial charge in [0.15, 0.2) is 0 Å². The third-order valence-electron chi connectivity index (χ3n) is 5.61. The van der Waals surface area contributed by atoms with Crippen LogP contribution in [-0.2, 0) is 25.7 Å². The van der Waals surface area contributed by atoms with E-state index in [-0.39, 0.29) is 36.7 Å². The van der Waals surface area contributed by atoms with Gasteiger partial charge in [-0.05, 0) is 25.0 Å². The number of ether oxygens (including phenoxy) is 1. The van der Waals surface area contributed by atoms with Gasteiger partial charge in [-0.3, -0.25) is 19.3 Å². The molecular formula is C20H25ClFN3O4. The predicted octanol–water partition coefficient (Wildman–Crippen LogP) is 1.58. The predicted molar refractivity (Wildman–Crippen MR) is 105 cm³/mol. The first-order valence-corrected chi connectivity index (χ1v) is 10.1. The Morgan fingerprint density at radius 1 is 1.28 bits per heavy atom. The van der Waals surface area contributed by atoms with Gasteiger partial charge in [0.25, 0.3) is 0 Å². The van der Waals surface area contributed by atoms with Gasteiger partial charge in [-0.15, -0.1) is 0 Å². The van der Waals surface area contributed by atoms with Crippen molar-refractivity contribution in [3.05, 3.63) is 34.6 Å². The van der Waals surface area contributed by atoms with E-state index in [0.29, 0.717) is 49.6 Å². The van der Waals surface area contributed by atoms with Gasteiger partial charge >= 0.3 is 5.97 Å². The van der Waals surface area contributed by atoms with E-state index in [2.05, 4.69) is 5.32 Å². The van der Waals surface area contributed by atoms with Gasteiger partial charge in [0.2, 0.25) is 11.8 Å². The average molecular weight is 426 g/mol. The molecule has 2 fully saturated rings. The second-order valence-electron chi connectivity index (χ2n) is 7.36. The van der Waals surface area contributed by atoms with Crippen molar-refractivity contribution in [3.8, 4) is 0 Å².